The Morgan fingerprint density at radius 1 is 1.13 bits per heavy atom. The summed E-state index contributed by atoms with van der Waals surface area (Å²) in [6.07, 6.45) is 8.70. The molecule has 0 radical (unpaired) electrons. The van der Waals surface area contributed by atoms with E-state index in [0.29, 0.717) is 12.5 Å². The van der Waals surface area contributed by atoms with E-state index in [2.05, 4.69) is 41.4 Å². The maximum atomic E-state index is 12.9. The van der Waals surface area contributed by atoms with Crippen LogP contribution in [0.2, 0.25) is 0 Å². The second-order valence-electron chi connectivity index (χ2n) is 8.65. The van der Waals surface area contributed by atoms with Crippen molar-refractivity contribution in [2.24, 2.45) is 18.0 Å². The highest BCUT2D eigenvalue weighted by atomic mass is 127. The maximum absolute atomic E-state index is 12.9. The summed E-state index contributed by atoms with van der Waals surface area (Å²) in [6, 6.07) is 0.264. The lowest BCUT2D eigenvalue weighted by atomic mass is 9.88. The maximum Gasteiger partial charge on any atom is 0.225 e. The molecular weight excluding hydrogens is 503 g/mol. The third-order valence-electron chi connectivity index (χ3n) is 6.56. The molecule has 7 nitrogen and oxygen atoms in total. The van der Waals surface area contributed by atoms with Crippen molar-refractivity contribution >= 4 is 35.8 Å². The predicted molar refractivity (Wildman–Crippen MR) is 137 cm³/mol. The number of amides is 1. The van der Waals surface area contributed by atoms with Crippen LogP contribution in [0.1, 0.15) is 76.2 Å². The monoisotopic (exact) mass is 544 g/mol. The Balaban J connectivity index is 0.00000341. The van der Waals surface area contributed by atoms with Gasteiger partial charge < -0.3 is 15.5 Å². The minimum absolute atomic E-state index is 0. The van der Waals surface area contributed by atoms with E-state index in [4.69, 9.17) is 4.99 Å². The van der Waals surface area contributed by atoms with E-state index in [9.17, 15) is 4.79 Å². The summed E-state index contributed by atoms with van der Waals surface area (Å²) in [5, 5.41) is 11.6. The minimum Gasteiger partial charge on any atom is -0.357 e. The number of carbonyl (C=O) groups excluding carboxylic acids is 1. The number of rotatable bonds is 7. The van der Waals surface area contributed by atoms with Crippen LogP contribution in [0.5, 0.6) is 0 Å². The van der Waals surface area contributed by atoms with Gasteiger partial charge in [0.2, 0.25) is 5.91 Å². The SMILES string of the molecule is CCNC(=NCc1c(CC)nn(C)c1CC)NC1CCN(C(=O)C2CCCCC2)C1.I. The highest BCUT2D eigenvalue weighted by molar-refractivity contribution is 14.0. The molecule has 1 aromatic heterocycles. The van der Waals surface area contributed by atoms with Gasteiger partial charge in [-0.25, -0.2) is 4.99 Å². The Bertz CT molecular complexity index is 741. The van der Waals surface area contributed by atoms with Crippen molar-refractivity contribution < 1.29 is 4.79 Å². The summed E-state index contributed by atoms with van der Waals surface area (Å²) in [7, 11) is 2.02. The average molecular weight is 545 g/mol. The van der Waals surface area contributed by atoms with Crippen molar-refractivity contribution in [3.63, 3.8) is 0 Å². The van der Waals surface area contributed by atoms with Gasteiger partial charge in [0.05, 0.1) is 12.2 Å². The first-order valence-corrected chi connectivity index (χ1v) is 11.9. The molecule has 1 aromatic rings. The van der Waals surface area contributed by atoms with Crippen LogP contribution in [0.25, 0.3) is 0 Å². The molecule has 8 heteroatoms. The Labute approximate surface area is 204 Å². The van der Waals surface area contributed by atoms with Crippen LogP contribution in [0.4, 0.5) is 0 Å². The lowest BCUT2D eigenvalue weighted by molar-refractivity contribution is -0.135. The molecule has 1 saturated carbocycles. The lowest BCUT2D eigenvalue weighted by Crippen LogP contribution is -2.45. The molecule has 1 atom stereocenters. The first kappa shape index (κ1) is 25.9. The number of hydrogen-bond acceptors (Lipinski definition) is 3. The Morgan fingerprint density at radius 2 is 1.87 bits per heavy atom. The van der Waals surface area contributed by atoms with Gasteiger partial charge in [-0.15, -0.1) is 24.0 Å². The van der Waals surface area contributed by atoms with E-state index in [1.54, 1.807) is 0 Å². The number of guanidine groups is 1. The van der Waals surface area contributed by atoms with Gasteiger partial charge in [0.15, 0.2) is 5.96 Å². The summed E-state index contributed by atoms with van der Waals surface area (Å²) >= 11 is 0. The van der Waals surface area contributed by atoms with Crippen LogP contribution in [0.3, 0.4) is 0 Å². The average Bonchev–Trinajstić information content (AvgIpc) is 3.35. The zero-order valence-corrected chi connectivity index (χ0v) is 22.1. The molecule has 2 N–H and O–H groups in total. The van der Waals surface area contributed by atoms with Gasteiger partial charge in [-0.3, -0.25) is 9.48 Å². The van der Waals surface area contributed by atoms with E-state index in [1.165, 1.54) is 30.5 Å². The highest BCUT2D eigenvalue weighted by Crippen LogP contribution is 2.26. The van der Waals surface area contributed by atoms with Crippen molar-refractivity contribution in [1.29, 1.82) is 0 Å². The fourth-order valence-corrected chi connectivity index (χ4v) is 4.93. The molecule has 2 aliphatic rings. The number of likely N-dealkylation sites (tertiary alicyclic amines) is 1. The van der Waals surface area contributed by atoms with Gasteiger partial charge >= 0.3 is 0 Å². The zero-order chi connectivity index (χ0) is 21.5. The number of nitrogens with zero attached hydrogens (tertiary/aromatic N) is 4. The molecule has 1 aliphatic carbocycles. The van der Waals surface area contributed by atoms with E-state index in [0.717, 1.165) is 63.4 Å². The fourth-order valence-electron chi connectivity index (χ4n) is 4.93. The number of hydrogen-bond donors (Lipinski definition) is 2. The fraction of sp³-hybridized carbons (Fsp3) is 0.783. The van der Waals surface area contributed by atoms with Crippen molar-refractivity contribution in [1.82, 2.24) is 25.3 Å². The molecule has 0 spiro atoms. The van der Waals surface area contributed by atoms with Gasteiger partial charge in [-0.1, -0.05) is 33.1 Å². The zero-order valence-electron chi connectivity index (χ0n) is 19.7. The van der Waals surface area contributed by atoms with Crippen LogP contribution in [-0.2, 0) is 31.2 Å². The Hall–Kier alpha value is -1.32. The predicted octanol–water partition coefficient (Wildman–Crippen LogP) is 3.40. The molecule has 3 rings (SSSR count). The normalized spacial score (nSPS) is 19.9. The second-order valence-corrected chi connectivity index (χ2v) is 8.65. The van der Waals surface area contributed by atoms with Crippen molar-refractivity contribution in [3.05, 3.63) is 17.0 Å². The summed E-state index contributed by atoms with van der Waals surface area (Å²) in [5.74, 6) is 1.46. The molecule has 1 aliphatic heterocycles. The van der Waals surface area contributed by atoms with E-state index < -0.39 is 0 Å². The largest absolute Gasteiger partial charge is 0.357 e. The van der Waals surface area contributed by atoms with Crippen LogP contribution in [-0.4, -0.2) is 52.2 Å². The van der Waals surface area contributed by atoms with Gasteiger partial charge in [0.25, 0.3) is 0 Å². The standard InChI is InChI=1S/C23H40N6O.HI/c1-5-20-19(21(6-2)28(4)27-20)15-25-23(24-7-3)26-18-13-14-29(16-18)22(30)17-11-9-8-10-12-17;/h17-18H,5-16H2,1-4H3,(H2,24,25,26);1H. The summed E-state index contributed by atoms with van der Waals surface area (Å²) in [4.78, 5) is 19.8. The number of aromatic nitrogens is 2. The van der Waals surface area contributed by atoms with E-state index in [-0.39, 0.29) is 35.9 Å². The first-order valence-electron chi connectivity index (χ1n) is 11.9. The topological polar surface area (TPSA) is 74.6 Å². The van der Waals surface area contributed by atoms with Crippen LogP contribution < -0.4 is 10.6 Å². The van der Waals surface area contributed by atoms with Gasteiger partial charge in [-0.05, 0) is 39.0 Å². The van der Waals surface area contributed by atoms with Crippen molar-refractivity contribution in [2.75, 3.05) is 19.6 Å². The molecule has 2 heterocycles. The van der Waals surface area contributed by atoms with Crippen LogP contribution >= 0.6 is 24.0 Å². The second kappa shape index (κ2) is 12.6. The third kappa shape index (κ3) is 6.58. The molecule has 1 amide bonds. The number of aryl methyl sites for hydroxylation is 2. The number of aliphatic imine (C=N–C) groups is 1. The number of nitrogens with one attached hydrogen (secondary N) is 2. The van der Waals surface area contributed by atoms with Gasteiger partial charge in [0.1, 0.15) is 0 Å². The van der Waals surface area contributed by atoms with Crippen molar-refractivity contribution in [3.8, 4) is 0 Å². The highest BCUT2D eigenvalue weighted by Gasteiger charge is 2.31. The molecular formula is C23H41IN6O. The third-order valence-corrected chi connectivity index (χ3v) is 6.56. The molecule has 176 valence electrons. The molecule has 0 bridgehead atoms. The molecule has 1 saturated heterocycles. The van der Waals surface area contributed by atoms with E-state index >= 15 is 0 Å². The number of halogens is 1. The molecule has 2 fully saturated rings. The Morgan fingerprint density at radius 3 is 2.52 bits per heavy atom. The van der Waals surface area contributed by atoms with Crippen molar-refractivity contribution in [2.45, 2.75) is 84.7 Å². The van der Waals surface area contributed by atoms with Gasteiger partial charge in [0, 0.05) is 49.9 Å². The molecule has 0 aromatic carbocycles. The van der Waals surface area contributed by atoms with Gasteiger partial charge in [-0.2, -0.15) is 5.10 Å². The quantitative estimate of drug-likeness (QED) is 0.314. The Kier molecular flexibility index (Phi) is 10.6. The van der Waals surface area contributed by atoms with Crippen LogP contribution in [0.15, 0.2) is 4.99 Å². The van der Waals surface area contributed by atoms with Crippen LogP contribution in [0, 0.1) is 5.92 Å². The first-order chi connectivity index (χ1) is 14.6. The molecule has 31 heavy (non-hydrogen) atoms. The lowest BCUT2D eigenvalue weighted by Gasteiger charge is -2.26. The van der Waals surface area contributed by atoms with E-state index in [1.807, 2.05) is 11.7 Å². The molecule has 1 unspecified atom stereocenters. The summed E-state index contributed by atoms with van der Waals surface area (Å²) in [6.45, 7) is 9.49. The summed E-state index contributed by atoms with van der Waals surface area (Å²) < 4.78 is 2.00. The minimum atomic E-state index is 0. The summed E-state index contributed by atoms with van der Waals surface area (Å²) in [5.41, 5.74) is 3.65. The number of carbonyl (C=O) groups is 1. The smallest absolute Gasteiger partial charge is 0.225 e.